The lowest BCUT2D eigenvalue weighted by atomic mass is 10.1. The molecule has 0 aliphatic heterocycles. The molecule has 0 aliphatic rings. The van der Waals surface area contributed by atoms with Crippen LogP contribution in [0.25, 0.3) is 0 Å². The third-order valence-electron chi connectivity index (χ3n) is 3.50. The van der Waals surface area contributed by atoms with E-state index in [4.69, 9.17) is 4.74 Å². The first-order valence-electron chi connectivity index (χ1n) is 7.96. The molecule has 0 saturated carbocycles. The van der Waals surface area contributed by atoms with E-state index in [0.717, 1.165) is 36.3 Å². The smallest absolute Gasteiger partial charge is 0.192 e. The Morgan fingerprint density at radius 1 is 1.12 bits per heavy atom. The fourth-order valence-corrected chi connectivity index (χ4v) is 2.58. The first-order chi connectivity index (χ1) is 11.3. The molecule has 5 nitrogen and oxygen atoms in total. The van der Waals surface area contributed by atoms with E-state index in [9.17, 15) is 8.42 Å². The van der Waals surface area contributed by atoms with Gasteiger partial charge in [-0.3, -0.25) is 0 Å². The summed E-state index contributed by atoms with van der Waals surface area (Å²) in [4.78, 5) is 3.95. The molecule has 2 aromatic rings. The van der Waals surface area contributed by atoms with E-state index < -0.39 is 9.84 Å². The Labute approximate surface area is 144 Å². The van der Waals surface area contributed by atoms with Crippen LogP contribution in [-0.4, -0.2) is 26.3 Å². The molecule has 0 bridgehead atoms. The number of anilines is 1. The number of nitrogens with zero attached hydrogens (tertiary/aromatic N) is 1. The minimum atomic E-state index is -3.26. The van der Waals surface area contributed by atoms with Gasteiger partial charge in [0.1, 0.15) is 5.75 Å². The van der Waals surface area contributed by atoms with Gasteiger partial charge < -0.3 is 10.1 Å². The molecule has 1 aromatic heterocycles. The number of pyridine rings is 1. The second kappa shape index (κ2) is 8.15. The van der Waals surface area contributed by atoms with Gasteiger partial charge in [-0.05, 0) is 42.2 Å². The molecule has 0 fully saturated rings. The van der Waals surface area contributed by atoms with E-state index in [1.54, 1.807) is 6.07 Å². The molecule has 0 atom stereocenters. The Morgan fingerprint density at radius 3 is 2.38 bits per heavy atom. The zero-order valence-corrected chi connectivity index (χ0v) is 15.1. The van der Waals surface area contributed by atoms with Crippen LogP contribution in [0.1, 0.15) is 25.8 Å². The number of nitrogens with one attached hydrogen (secondary N) is 1. The van der Waals surface area contributed by atoms with Gasteiger partial charge in [0, 0.05) is 12.8 Å². The van der Waals surface area contributed by atoms with Gasteiger partial charge in [0.05, 0.1) is 18.5 Å². The molecular weight excluding hydrogens is 324 g/mol. The third kappa shape index (κ3) is 5.85. The Balaban J connectivity index is 1.86. The fourth-order valence-electron chi connectivity index (χ4n) is 2.02. The van der Waals surface area contributed by atoms with Crippen molar-refractivity contribution in [2.45, 2.75) is 31.8 Å². The zero-order chi connectivity index (χ0) is 17.6. The summed E-state index contributed by atoms with van der Waals surface area (Å²) >= 11 is 0. The van der Waals surface area contributed by atoms with Crippen LogP contribution in [0.15, 0.2) is 47.6 Å². The highest BCUT2D eigenvalue weighted by atomic mass is 32.2. The quantitative estimate of drug-likeness (QED) is 0.790. The number of aromatic nitrogens is 1. The predicted octanol–water partition coefficient (Wildman–Crippen LogP) is 3.52. The summed E-state index contributed by atoms with van der Waals surface area (Å²) in [6, 6.07) is 11.2. The van der Waals surface area contributed by atoms with Crippen molar-refractivity contribution in [1.82, 2.24) is 4.98 Å². The molecule has 0 radical (unpaired) electrons. The number of rotatable bonds is 8. The van der Waals surface area contributed by atoms with E-state index >= 15 is 0 Å². The highest BCUT2D eigenvalue weighted by Crippen LogP contribution is 2.15. The lowest BCUT2D eigenvalue weighted by Gasteiger charge is -2.10. The summed E-state index contributed by atoms with van der Waals surface area (Å²) in [6.45, 7) is 5.71. The van der Waals surface area contributed by atoms with Crippen molar-refractivity contribution in [3.05, 3.63) is 48.2 Å². The number of benzene rings is 1. The van der Waals surface area contributed by atoms with Crippen molar-refractivity contribution < 1.29 is 13.2 Å². The second-order valence-corrected chi connectivity index (χ2v) is 8.15. The van der Waals surface area contributed by atoms with Crippen molar-refractivity contribution in [1.29, 1.82) is 0 Å². The topological polar surface area (TPSA) is 68.3 Å². The number of hydrogen-bond donors (Lipinski definition) is 1. The van der Waals surface area contributed by atoms with Crippen LogP contribution >= 0.6 is 0 Å². The Hall–Kier alpha value is -2.08. The fraction of sp³-hybridized carbons (Fsp3) is 0.389. The van der Waals surface area contributed by atoms with Crippen LogP contribution in [0, 0.1) is 5.92 Å². The maximum Gasteiger partial charge on any atom is 0.192 e. The van der Waals surface area contributed by atoms with Crippen molar-refractivity contribution in [2.24, 2.45) is 5.92 Å². The molecule has 0 saturated heterocycles. The number of ether oxygens (including phenoxy) is 1. The number of sulfone groups is 1. The Morgan fingerprint density at radius 2 is 1.83 bits per heavy atom. The van der Waals surface area contributed by atoms with E-state index in [1.165, 1.54) is 12.3 Å². The van der Waals surface area contributed by atoms with Gasteiger partial charge in [0.2, 0.25) is 0 Å². The largest absolute Gasteiger partial charge is 0.494 e. The van der Waals surface area contributed by atoms with Crippen LogP contribution in [0.5, 0.6) is 5.75 Å². The van der Waals surface area contributed by atoms with Gasteiger partial charge >= 0.3 is 0 Å². The van der Waals surface area contributed by atoms with Crippen LogP contribution < -0.4 is 10.1 Å². The van der Waals surface area contributed by atoms with Crippen LogP contribution in [-0.2, 0) is 16.4 Å². The maximum atomic E-state index is 11.4. The summed E-state index contributed by atoms with van der Waals surface area (Å²) in [7, 11) is -3.26. The van der Waals surface area contributed by atoms with E-state index in [2.05, 4.69) is 24.1 Å². The normalized spacial score (nSPS) is 11.5. The molecule has 0 amide bonds. The summed E-state index contributed by atoms with van der Waals surface area (Å²) in [6.07, 6.45) is 3.72. The lowest BCUT2D eigenvalue weighted by molar-refractivity contribution is 0.289. The molecule has 6 heteroatoms. The highest BCUT2D eigenvalue weighted by Gasteiger charge is 2.07. The van der Waals surface area contributed by atoms with Crippen LogP contribution in [0.3, 0.4) is 0 Å². The first-order valence-corrected chi connectivity index (χ1v) is 9.85. The second-order valence-electron chi connectivity index (χ2n) is 6.19. The average Bonchev–Trinajstić information content (AvgIpc) is 2.53. The van der Waals surface area contributed by atoms with Gasteiger partial charge in [-0.25, -0.2) is 13.4 Å². The van der Waals surface area contributed by atoms with E-state index in [0.29, 0.717) is 12.5 Å². The Kier molecular flexibility index (Phi) is 6.20. The van der Waals surface area contributed by atoms with E-state index in [1.807, 2.05) is 24.3 Å². The number of hydrogen-bond acceptors (Lipinski definition) is 5. The molecule has 130 valence electrons. The SMILES string of the molecule is CC(C)CCOc1ccc(CNc2ccc(S(C)(=O)=O)nc2)cc1. The summed E-state index contributed by atoms with van der Waals surface area (Å²) in [5.74, 6) is 1.51. The Bertz CT molecular complexity index is 739. The summed E-state index contributed by atoms with van der Waals surface area (Å²) < 4.78 is 28.4. The molecule has 0 aliphatic carbocycles. The van der Waals surface area contributed by atoms with E-state index in [-0.39, 0.29) is 5.03 Å². The average molecular weight is 348 g/mol. The molecule has 0 unspecified atom stereocenters. The van der Waals surface area contributed by atoms with Crippen molar-refractivity contribution in [3.63, 3.8) is 0 Å². The molecule has 1 aromatic carbocycles. The highest BCUT2D eigenvalue weighted by molar-refractivity contribution is 7.90. The molecular formula is C18H24N2O3S. The zero-order valence-electron chi connectivity index (χ0n) is 14.3. The van der Waals surface area contributed by atoms with Gasteiger partial charge in [0.25, 0.3) is 0 Å². The lowest BCUT2D eigenvalue weighted by Crippen LogP contribution is -2.04. The molecule has 2 rings (SSSR count). The maximum absolute atomic E-state index is 11.4. The molecule has 0 spiro atoms. The van der Waals surface area contributed by atoms with Crippen LogP contribution in [0.2, 0.25) is 0 Å². The molecule has 24 heavy (non-hydrogen) atoms. The minimum Gasteiger partial charge on any atom is -0.494 e. The standard InChI is InChI=1S/C18H24N2O3S/c1-14(2)10-11-23-17-7-4-15(5-8-17)12-19-16-6-9-18(20-13-16)24(3,21)22/h4-9,13-14,19H,10-12H2,1-3H3. The van der Waals surface area contributed by atoms with Crippen molar-refractivity contribution >= 4 is 15.5 Å². The van der Waals surface area contributed by atoms with Gasteiger partial charge in [-0.1, -0.05) is 26.0 Å². The summed E-state index contributed by atoms with van der Waals surface area (Å²) in [5.41, 5.74) is 1.89. The predicted molar refractivity (Wildman–Crippen MR) is 96.1 cm³/mol. The van der Waals surface area contributed by atoms with Crippen molar-refractivity contribution in [3.8, 4) is 5.75 Å². The van der Waals surface area contributed by atoms with Crippen LogP contribution in [0.4, 0.5) is 5.69 Å². The summed E-state index contributed by atoms with van der Waals surface area (Å²) in [5, 5.41) is 3.30. The van der Waals surface area contributed by atoms with Gasteiger partial charge in [-0.2, -0.15) is 0 Å². The third-order valence-corrected chi connectivity index (χ3v) is 4.50. The van der Waals surface area contributed by atoms with Gasteiger partial charge in [-0.15, -0.1) is 0 Å². The first kappa shape index (κ1) is 18.3. The molecule has 1 heterocycles. The molecule has 1 N–H and O–H groups in total. The monoisotopic (exact) mass is 348 g/mol. The minimum absolute atomic E-state index is 0.0796. The van der Waals surface area contributed by atoms with Gasteiger partial charge in [0.15, 0.2) is 14.9 Å². The van der Waals surface area contributed by atoms with Crippen molar-refractivity contribution in [2.75, 3.05) is 18.2 Å².